The zero-order valence-electron chi connectivity index (χ0n) is 13.3. The summed E-state index contributed by atoms with van der Waals surface area (Å²) in [6.07, 6.45) is 0. The highest BCUT2D eigenvalue weighted by molar-refractivity contribution is 8.00. The van der Waals surface area contributed by atoms with Crippen molar-refractivity contribution in [3.8, 4) is 11.4 Å². The third kappa shape index (κ3) is 3.71. The fourth-order valence-corrected chi connectivity index (χ4v) is 3.00. The van der Waals surface area contributed by atoms with Crippen molar-refractivity contribution in [2.24, 2.45) is 0 Å². The van der Waals surface area contributed by atoms with Gasteiger partial charge in [0.15, 0.2) is 11.6 Å². The minimum absolute atomic E-state index is 0.0818. The lowest BCUT2D eigenvalue weighted by Gasteiger charge is -2.07. The first-order chi connectivity index (χ1) is 11.5. The van der Waals surface area contributed by atoms with Crippen molar-refractivity contribution in [1.29, 1.82) is 0 Å². The van der Waals surface area contributed by atoms with Gasteiger partial charge in [-0.05, 0) is 38.1 Å². The van der Waals surface area contributed by atoms with Gasteiger partial charge in [0, 0.05) is 11.1 Å². The molecule has 122 valence electrons. The van der Waals surface area contributed by atoms with Crippen LogP contribution in [0.1, 0.15) is 22.8 Å². The summed E-state index contributed by atoms with van der Waals surface area (Å²) < 4.78 is 12.9. The number of H-pyrrole nitrogens is 1. The monoisotopic (exact) mass is 341 g/mol. The molecule has 0 amide bonds. The molecule has 6 heteroatoms. The predicted octanol–water partition coefficient (Wildman–Crippen LogP) is 4.28. The first-order valence-corrected chi connectivity index (χ1v) is 8.37. The van der Waals surface area contributed by atoms with Crippen LogP contribution in [0, 0.1) is 12.7 Å². The fraction of sp³-hybridized carbons (Fsp3) is 0.167. The van der Waals surface area contributed by atoms with Crippen molar-refractivity contribution in [2.45, 2.75) is 24.3 Å². The number of ketones is 1. The molecular weight excluding hydrogens is 325 g/mol. The molecule has 0 saturated heterocycles. The Hall–Kier alpha value is -2.47. The molecule has 0 aliphatic carbocycles. The van der Waals surface area contributed by atoms with Gasteiger partial charge < -0.3 is 0 Å². The average Bonchev–Trinajstić information content (AvgIpc) is 3.04. The maximum atomic E-state index is 12.9. The number of carbonyl (C=O) groups is 1. The Morgan fingerprint density at radius 2 is 1.79 bits per heavy atom. The Kier molecular flexibility index (Phi) is 4.76. The zero-order chi connectivity index (χ0) is 17.1. The molecule has 1 atom stereocenters. The summed E-state index contributed by atoms with van der Waals surface area (Å²) in [4.78, 5) is 16.8. The first kappa shape index (κ1) is 16.4. The quantitative estimate of drug-likeness (QED) is 0.556. The van der Waals surface area contributed by atoms with E-state index in [0.29, 0.717) is 16.5 Å². The second-order valence-corrected chi connectivity index (χ2v) is 6.77. The second kappa shape index (κ2) is 6.97. The van der Waals surface area contributed by atoms with E-state index in [1.165, 1.54) is 41.6 Å². The molecule has 0 radical (unpaired) electrons. The van der Waals surface area contributed by atoms with Gasteiger partial charge in [-0.1, -0.05) is 41.6 Å². The molecular formula is C18H16FN3OS. The van der Waals surface area contributed by atoms with E-state index in [1.54, 1.807) is 6.92 Å². The highest BCUT2D eigenvalue weighted by Gasteiger charge is 2.19. The lowest BCUT2D eigenvalue weighted by Crippen LogP contribution is -2.13. The molecule has 1 N–H and O–H groups in total. The summed E-state index contributed by atoms with van der Waals surface area (Å²) in [6.45, 7) is 3.81. The van der Waals surface area contributed by atoms with Crippen LogP contribution >= 0.6 is 11.8 Å². The average molecular weight is 341 g/mol. The number of halogens is 1. The van der Waals surface area contributed by atoms with Gasteiger partial charge in [-0.15, -0.1) is 5.10 Å². The molecule has 1 aromatic heterocycles. The molecule has 24 heavy (non-hydrogen) atoms. The standard InChI is InChI=1S/C18H16FN3OS/c1-11-3-5-14(6-4-11)17-20-18(22-21-17)24-12(2)16(23)13-7-9-15(19)10-8-13/h3-10,12H,1-2H3,(H,20,21,22)/t12-/m0/s1. The molecule has 3 aromatic rings. The van der Waals surface area contributed by atoms with Crippen LogP contribution < -0.4 is 0 Å². The molecule has 0 unspecified atom stereocenters. The third-order valence-corrected chi connectivity index (χ3v) is 4.53. The highest BCUT2D eigenvalue weighted by Crippen LogP contribution is 2.25. The van der Waals surface area contributed by atoms with E-state index in [4.69, 9.17) is 0 Å². The van der Waals surface area contributed by atoms with Crippen LogP contribution in [0.2, 0.25) is 0 Å². The van der Waals surface area contributed by atoms with Gasteiger partial charge in [-0.3, -0.25) is 9.89 Å². The highest BCUT2D eigenvalue weighted by atomic mass is 32.2. The molecule has 0 aliphatic rings. The molecule has 0 saturated carbocycles. The number of nitrogens with one attached hydrogen (secondary N) is 1. The lowest BCUT2D eigenvalue weighted by atomic mass is 10.1. The van der Waals surface area contributed by atoms with Crippen LogP contribution in [0.25, 0.3) is 11.4 Å². The van der Waals surface area contributed by atoms with Gasteiger partial charge in [0.2, 0.25) is 5.16 Å². The van der Waals surface area contributed by atoms with Crippen molar-refractivity contribution in [3.63, 3.8) is 0 Å². The van der Waals surface area contributed by atoms with Crippen molar-refractivity contribution in [2.75, 3.05) is 0 Å². The number of aromatic amines is 1. The largest absolute Gasteiger partial charge is 0.293 e. The number of Topliss-reactive ketones (excluding diaryl/α,β-unsaturated/α-hetero) is 1. The molecule has 0 bridgehead atoms. The van der Waals surface area contributed by atoms with E-state index in [9.17, 15) is 9.18 Å². The Labute approximate surface area is 143 Å². The summed E-state index contributed by atoms with van der Waals surface area (Å²) in [7, 11) is 0. The molecule has 0 spiro atoms. The van der Waals surface area contributed by atoms with Crippen LogP contribution in [0.3, 0.4) is 0 Å². The maximum Gasteiger partial charge on any atom is 0.209 e. The molecule has 0 aliphatic heterocycles. The van der Waals surface area contributed by atoms with Gasteiger partial charge in [0.25, 0.3) is 0 Å². The topological polar surface area (TPSA) is 58.6 Å². The van der Waals surface area contributed by atoms with Gasteiger partial charge in [0.1, 0.15) is 5.82 Å². The predicted molar refractivity (Wildman–Crippen MR) is 92.6 cm³/mol. The number of hydrogen-bond donors (Lipinski definition) is 1. The van der Waals surface area contributed by atoms with Gasteiger partial charge in [-0.25, -0.2) is 9.37 Å². The number of aromatic nitrogens is 3. The number of carbonyl (C=O) groups excluding carboxylic acids is 1. The molecule has 4 nitrogen and oxygen atoms in total. The van der Waals surface area contributed by atoms with E-state index in [1.807, 2.05) is 31.2 Å². The third-order valence-electron chi connectivity index (χ3n) is 3.57. The minimum atomic E-state index is -0.364. The Morgan fingerprint density at radius 1 is 1.12 bits per heavy atom. The number of nitrogens with zero attached hydrogens (tertiary/aromatic N) is 2. The number of thioether (sulfide) groups is 1. The van der Waals surface area contributed by atoms with Crippen molar-refractivity contribution >= 4 is 17.5 Å². The van der Waals surface area contributed by atoms with Crippen LogP contribution in [-0.4, -0.2) is 26.2 Å². The lowest BCUT2D eigenvalue weighted by molar-refractivity contribution is 0.0994. The number of rotatable bonds is 5. The Morgan fingerprint density at radius 3 is 2.46 bits per heavy atom. The van der Waals surface area contributed by atoms with Crippen LogP contribution in [0.5, 0.6) is 0 Å². The minimum Gasteiger partial charge on any atom is -0.293 e. The van der Waals surface area contributed by atoms with E-state index >= 15 is 0 Å². The van der Waals surface area contributed by atoms with Crippen molar-refractivity contribution < 1.29 is 9.18 Å². The molecule has 2 aromatic carbocycles. The smallest absolute Gasteiger partial charge is 0.209 e. The summed E-state index contributed by atoms with van der Waals surface area (Å²) in [5.74, 6) is 0.226. The van der Waals surface area contributed by atoms with Crippen LogP contribution in [-0.2, 0) is 0 Å². The second-order valence-electron chi connectivity index (χ2n) is 5.46. The van der Waals surface area contributed by atoms with Gasteiger partial charge in [0.05, 0.1) is 5.25 Å². The van der Waals surface area contributed by atoms with Gasteiger partial charge >= 0.3 is 0 Å². The van der Waals surface area contributed by atoms with Crippen LogP contribution in [0.15, 0.2) is 53.7 Å². The van der Waals surface area contributed by atoms with Crippen LogP contribution in [0.4, 0.5) is 4.39 Å². The van der Waals surface area contributed by atoms with E-state index in [-0.39, 0.29) is 16.9 Å². The summed E-state index contributed by atoms with van der Waals surface area (Å²) in [6, 6.07) is 13.5. The van der Waals surface area contributed by atoms with Crippen molar-refractivity contribution in [3.05, 3.63) is 65.5 Å². The Bertz CT molecular complexity index is 843. The van der Waals surface area contributed by atoms with E-state index in [0.717, 1.165) is 5.56 Å². The SMILES string of the molecule is Cc1ccc(-c2nc(S[C@@H](C)C(=O)c3ccc(F)cc3)n[nH]2)cc1. The summed E-state index contributed by atoms with van der Waals surface area (Å²) in [5, 5.41) is 7.19. The number of aryl methyl sites for hydroxylation is 1. The molecule has 0 fully saturated rings. The van der Waals surface area contributed by atoms with E-state index < -0.39 is 0 Å². The number of benzene rings is 2. The fourth-order valence-electron chi connectivity index (χ4n) is 2.20. The zero-order valence-corrected chi connectivity index (χ0v) is 14.1. The number of hydrogen-bond acceptors (Lipinski definition) is 4. The summed E-state index contributed by atoms with van der Waals surface area (Å²) >= 11 is 1.27. The van der Waals surface area contributed by atoms with Gasteiger partial charge in [-0.2, -0.15) is 0 Å². The summed E-state index contributed by atoms with van der Waals surface area (Å²) in [5.41, 5.74) is 2.59. The molecule has 3 rings (SSSR count). The normalized spacial score (nSPS) is 12.1. The van der Waals surface area contributed by atoms with E-state index in [2.05, 4.69) is 15.2 Å². The Balaban J connectivity index is 1.70. The first-order valence-electron chi connectivity index (χ1n) is 7.49. The maximum absolute atomic E-state index is 12.9. The van der Waals surface area contributed by atoms with Crippen molar-refractivity contribution in [1.82, 2.24) is 15.2 Å². The molecule has 1 heterocycles.